The molecule has 2 saturated carbocycles. The smallest absolute Gasteiger partial charge is 0.226 e. The van der Waals surface area contributed by atoms with Crippen LogP contribution in [0.1, 0.15) is 19.3 Å². The fourth-order valence-electron chi connectivity index (χ4n) is 3.18. The maximum atomic E-state index is 12.0. The number of carbonyl (C=O) groups excluding carboxylic acids is 1. The molecule has 0 bridgehead atoms. The van der Waals surface area contributed by atoms with Crippen LogP contribution in [-0.4, -0.2) is 37.1 Å². The second-order valence-corrected chi connectivity index (χ2v) is 4.72. The van der Waals surface area contributed by atoms with Crippen molar-refractivity contribution in [1.82, 2.24) is 4.90 Å². The van der Waals surface area contributed by atoms with Gasteiger partial charge in [0.15, 0.2) is 0 Å². The summed E-state index contributed by atoms with van der Waals surface area (Å²) in [6, 6.07) is 0. The first-order valence-corrected chi connectivity index (χ1v) is 5.74. The number of ether oxygens (including phenoxy) is 1. The normalized spacial score (nSPS) is 40.9. The van der Waals surface area contributed by atoms with E-state index < -0.39 is 0 Å². The summed E-state index contributed by atoms with van der Waals surface area (Å²) in [5.41, 5.74) is 0. The molecule has 3 rings (SSSR count). The van der Waals surface area contributed by atoms with E-state index in [0.29, 0.717) is 11.8 Å². The SMILES string of the molecule is O=C(C1C2CCCC21)N1CCOCC1. The van der Waals surface area contributed by atoms with Crippen molar-refractivity contribution in [1.29, 1.82) is 0 Å². The molecule has 78 valence electrons. The quantitative estimate of drug-likeness (QED) is 0.622. The third-order valence-corrected chi connectivity index (χ3v) is 4.01. The average molecular weight is 195 g/mol. The fraction of sp³-hybridized carbons (Fsp3) is 0.909. The largest absolute Gasteiger partial charge is 0.378 e. The second kappa shape index (κ2) is 3.23. The summed E-state index contributed by atoms with van der Waals surface area (Å²) < 4.78 is 5.25. The van der Waals surface area contributed by atoms with E-state index in [9.17, 15) is 4.79 Å². The van der Waals surface area contributed by atoms with Crippen LogP contribution in [0.5, 0.6) is 0 Å². The van der Waals surface area contributed by atoms with E-state index in [0.717, 1.165) is 38.1 Å². The predicted octanol–water partition coefficient (Wildman–Crippen LogP) is 0.891. The Morgan fingerprint density at radius 2 is 1.79 bits per heavy atom. The van der Waals surface area contributed by atoms with Gasteiger partial charge in [-0.3, -0.25) is 4.79 Å². The zero-order chi connectivity index (χ0) is 9.54. The number of hydrogen-bond donors (Lipinski definition) is 0. The molecule has 1 saturated heterocycles. The van der Waals surface area contributed by atoms with Gasteiger partial charge in [0.2, 0.25) is 5.91 Å². The predicted molar refractivity (Wildman–Crippen MR) is 51.7 cm³/mol. The molecular formula is C11H17NO2. The molecule has 0 radical (unpaired) electrons. The molecule has 3 heteroatoms. The van der Waals surface area contributed by atoms with E-state index in [1.54, 1.807) is 0 Å². The highest BCUT2D eigenvalue weighted by Gasteiger charge is 2.57. The van der Waals surface area contributed by atoms with E-state index >= 15 is 0 Å². The van der Waals surface area contributed by atoms with E-state index in [4.69, 9.17) is 4.74 Å². The van der Waals surface area contributed by atoms with Crippen molar-refractivity contribution >= 4 is 5.91 Å². The van der Waals surface area contributed by atoms with Crippen LogP contribution in [0.25, 0.3) is 0 Å². The first-order valence-electron chi connectivity index (χ1n) is 5.74. The molecule has 0 aromatic rings. The minimum Gasteiger partial charge on any atom is -0.378 e. The van der Waals surface area contributed by atoms with E-state index in [1.807, 2.05) is 4.90 Å². The molecule has 14 heavy (non-hydrogen) atoms. The minimum absolute atomic E-state index is 0.404. The lowest BCUT2D eigenvalue weighted by Gasteiger charge is -2.27. The van der Waals surface area contributed by atoms with Gasteiger partial charge in [-0.1, -0.05) is 6.42 Å². The number of morpholine rings is 1. The monoisotopic (exact) mass is 195 g/mol. The topological polar surface area (TPSA) is 29.5 Å². The molecule has 3 fully saturated rings. The van der Waals surface area contributed by atoms with Gasteiger partial charge >= 0.3 is 0 Å². The summed E-state index contributed by atoms with van der Waals surface area (Å²) in [4.78, 5) is 14.1. The van der Waals surface area contributed by atoms with Crippen LogP contribution in [0, 0.1) is 17.8 Å². The molecule has 1 aliphatic heterocycles. The van der Waals surface area contributed by atoms with Gasteiger partial charge in [-0.05, 0) is 24.7 Å². The van der Waals surface area contributed by atoms with Gasteiger partial charge in [-0.15, -0.1) is 0 Å². The molecule has 1 heterocycles. The standard InChI is InChI=1S/C11H17NO2/c13-11(12-4-6-14-7-5-12)10-8-2-1-3-9(8)10/h8-10H,1-7H2. The third-order valence-electron chi connectivity index (χ3n) is 4.01. The van der Waals surface area contributed by atoms with Gasteiger partial charge in [0.05, 0.1) is 13.2 Å². The van der Waals surface area contributed by atoms with Gasteiger partial charge in [-0.2, -0.15) is 0 Å². The Bertz CT molecular complexity index is 234. The summed E-state index contributed by atoms with van der Waals surface area (Å²) >= 11 is 0. The second-order valence-electron chi connectivity index (χ2n) is 4.72. The summed E-state index contributed by atoms with van der Waals surface area (Å²) in [6.07, 6.45) is 3.94. The number of rotatable bonds is 1. The molecule has 0 spiro atoms. The lowest BCUT2D eigenvalue weighted by atomic mass is 10.1. The Labute approximate surface area is 84.4 Å². The summed E-state index contributed by atoms with van der Waals surface area (Å²) in [5.74, 6) is 2.33. The van der Waals surface area contributed by atoms with Crippen molar-refractivity contribution in [2.45, 2.75) is 19.3 Å². The Morgan fingerprint density at radius 1 is 1.14 bits per heavy atom. The van der Waals surface area contributed by atoms with Gasteiger partial charge in [0, 0.05) is 19.0 Å². The van der Waals surface area contributed by atoms with E-state index in [2.05, 4.69) is 0 Å². The van der Waals surface area contributed by atoms with Gasteiger partial charge in [-0.25, -0.2) is 0 Å². The number of carbonyl (C=O) groups is 1. The third kappa shape index (κ3) is 1.26. The van der Waals surface area contributed by atoms with Gasteiger partial charge in [0.1, 0.15) is 0 Å². The molecule has 2 unspecified atom stereocenters. The molecule has 0 aromatic heterocycles. The van der Waals surface area contributed by atoms with Crippen LogP contribution >= 0.6 is 0 Å². The molecule has 0 aromatic carbocycles. The van der Waals surface area contributed by atoms with E-state index in [-0.39, 0.29) is 0 Å². The molecule has 3 nitrogen and oxygen atoms in total. The Kier molecular flexibility index (Phi) is 2.01. The molecular weight excluding hydrogens is 178 g/mol. The van der Waals surface area contributed by atoms with Crippen LogP contribution in [0.3, 0.4) is 0 Å². The highest BCUT2D eigenvalue weighted by Crippen LogP contribution is 2.58. The summed E-state index contributed by atoms with van der Waals surface area (Å²) in [7, 11) is 0. The van der Waals surface area contributed by atoms with Crippen molar-refractivity contribution < 1.29 is 9.53 Å². The Balaban J connectivity index is 1.60. The van der Waals surface area contributed by atoms with Gasteiger partial charge in [0.25, 0.3) is 0 Å². The highest BCUT2D eigenvalue weighted by molar-refractivity contribution is 5.82. The maximum absolute atomic E-state index is 12.0. The molecule has 2 atom stereocenters. The van der Waals surface area contributed by atoms with Crippen LogP contribution < -0.4 is 0 Å². The zero-order valence-corrected chi connectivity index (χ0v) is 8.45. The minimum atomic E-state index is 0.404. The van der Waals surface area contributed by atoms with Crippen LogP contribution in [-0.2, 0) is 9.53 Å². The van der Waals surface area contributed by atoms with E-state index in [1.165, 1.54) is 19.3 Å². The van der Waals surface area contributed by atoms with Crippen molar-refractivity contribution in [2.75, 3.05) is 26.3 Å². The van der Waals surface area contributed by atoms with Crippen LogP contribution in [0.4, 0.5) is 0 Å². The Morgan fingerprint density at radius 3 is 2.43 bits per heavy atom. The Hall–Kier alpha value is -0.570. The van der Waals surface area contributed by atoms with Crippen molar-refractivity contribution in [2.24, 2.45) is 17.8 Å². The van der Waals surface area contributed by atoms with Gasteiger partial charge < -0.3 is 9.64 Å². The molecule has 1 amide bonds. The van der Waals surface area contributed by atoms with Crippen molar-refractivity contribution in [3.63, 3.8) is 0 Å². The lowest BCUT2D eigenvalue weighted by Crippen LogP contribution is -2.42. The fourth-order valence-corrected chi connectivity index (χ4v) is 3.18. The van der Waals surface area contributed by atoms with Crippen LogP contribution in [0.15, 0.2) is 0 Å². The zero-order valence-electron chi connectivity index (χ0n) is 8.45. The summed E-state index contributed by atoms with van der Waals surface area (Å²) in [5, 5.41) is 0. The van der Waals surface area contributed by atoms with Crippen LogP contribution in [0.2, 0.25) is 0 Å². The first-order chi connectivity index (χ1) is 6.88. The lowest BCUT2D eigenvalue weighted by molar-refractivity contribution is -0.137. The highest BCUT2D eigenvalue weighted by atomic mass is 16.5. The number of amides is 1. The number of fused-ring (bicyclic) bond motifs is 1. The average Bonchev–Trinajstić information content (AvgIpc) is 2.72. The summed E-state index contributed by atoms with van der Waals surface area (Å²) in [6.45, 7) is 3.09. The first kappa shape index (κ1) is 8.72. The number of nitrogens with zero attached hydrogens (tertiary/aromatic N) is 1. The maximum Gasteiger partial charge on any atom is 0.226 e. The number of hydrogen-bond acceptors (Lipinski definition) is 2. The van der Waals surface area contributed by atoms with Crippen molar-refractivity contribution in [3.8, 4) is 0 Å². The molecule has 3 aliphatic rings. The van der Waals surface area contributed by atoms with Crippen molar-refractivity contribution in [3.05, 3.63) is 0 Å². The molecule has 2 aliphatic carbocycles. The molecule has 0 N–H and O–H groups in total.